The molecule has 0 aliphatic heterocycles. The normalized spacial score (nSPS) is 10.3. The highest BCUT2D eigenvalue weighted by molar-refractivity contribution is 4.35. The fraction of sp³-hybridized carbons (Fsp3) is 1.00. The molecular formula is C2H9NO4. The number of hydrogen-bond acceptors (Lipinski definition) is 5. The van der Waals surface area contributed by atoms with Crippen molar-refractivity contribution in [1.29, 1.82) is 0 Å². The number of rotatable bonds is 1. The second kappa shape index (κ2) is 2.89. The Morgan fingerprint density at radius 2 is 1.29 bits per heavy atom. The Labute approximate surface area is 40.4 Å². The van der Waals surface area contributed by atoms with Gasteiger partial charge in [0.15, 0.2) is 0 Å². The Morgan fingerprint density at radius 1 is 1.14 bits per heavy atom. The van der Waals surface area contributed by atoms with E-state index in [1.807, 2.05) is 0 Å². The van der Waals surface area contributed by atoms with Crippen LogP contribution in [-0.2, 0) is 0 Å². The van der Waals surface area contributed by atoms with Crippen LogP contribution in [0.3, 0.4) is 0 Å². The van der Waals surface area contributed by atoms with Crippen molar-refractivity contribution in [2.75, 3.05) is 6.61 Å². The molecule has 0 aliphatic carbocycles. The van der Waals surface area contributed by atoms with Crippen LogP contribution in [0, 0.1) is 0 Å². The van der Waals surface area contributed by atoms with Crippen LogP contribution in [0.5, 0.6) is 0 Å². The van der Waals surface area contributed by atoms with E-state index in [0.717, 1.165) is 0 Å². The van der Waals surface area contributed by atoms with E-state index in [9.17, 15) is 0 Å². The van der Waals surface area contributed by atoms with Crippen LogP contribution in [0.25, 0.3) is 0 Å². The van der Waals surface area contributed by atoms with Gasteiger partial charge < -0.3 is 26.6 Å². The molecule has 0 heterocycles. The molecule has 0 bridgehead atoms. The van der Waals surface area contributed by atoms with Gasteiger partial charge in [-0.2, -0.15) is 0 Å². The van der Waals surface area contributed by atoms with Gasteiger partial charge >= 0.3 is 0 Å². The zero-order chi connectivity index (χ0) is 5.21. The van der Waals surface area contributed by atoms with Crippen LogP contribution in [0.15, 0.2) is 0 Å². The minimum atomic E-state index is -2.90. The molecule has 7 heavy (non-hydrogen) atoms. The maximum atomic E-state index is 7.69. The van der Waals surface area contributed by atoms with Gasteiger partial charge in [0.1, 0.15) is 6.61 Å². The van der Waals surface area contributed by atoms with Crippen molar-refractivity contribution in [2.24, 2.45) is 0 Å². The van der Waals surface area contributed by atoms with Gasteiger partial charge in [-0.15, -0.1) is 0 Å². The fourth-order valence-corrected chi connectivity index (χ4v) is 0. The Balaban J connectivity index is 0. The first-order valence-corrected chi connectivity index (χ1v) is 1.34. The van der Waals surface area contributed by atoms with Crippen LogP contribution < -0.4 is 6.15 Å². The molecule has 7 N–H and O–H groups in total. The quantitative estimate of drug-likeness (QED) is 0.245. The molecule has 0 fully saturated rings. The van der Waals surface area contributed by atoms with Gasteiger partial charge in [-0.3, -0.25) is 0 Å². The average molecular weight is 111 g/mol. The van der Waals surface area contributed by atoms with Gasteiger partial charge in [0.25, 0.3) is 5.97 Å². The zero-order valence-electron chi connectivity index (χ0n) is 3.70. The minimum absolute atomic E-state index is 0. The molecule has 0 aromatic rings. The topological polar surface area (TPSA) is 116 Å². The van der Waals surface area contributed by atoms with Crippen molar-refractivity contribution in [3.8, 4) is 0 Å². The van der Waals surface area contributed by atoms with E-state index in [0.29, 0.717) is 0 Å². The largest absolute Gasteiger partial charge is 0.388 e. The Bertz CT molecular complexity index is 39.4. The van der Waals surface area contributed by atoms with Gasteiger partial charge in [-0.25, -0.2) is 0 Å². The van der Waals surface area contributed by atoms with Gasteiger partial charge in [0.2, 0.25) is 0 Å². The predicted molar refractivity (Wildman–Crippen MR) is 21.5 cm³/mol. The SMILES string of the molecule is N.OCC(O)(O)O. The maximum absolute atomic E-state index is 7.69. The molecule has 0 aromatic carbocycles. The van der Waals surface area contributed by atoms with Gasteiger partial charge in [-0.1, -0.05) is 0 Å². The molecular weight excluding hydrogens is 102 g/mol. The summed E-state index contributed by atoms with van der Waals surface area (Å²) in [5.41, 5.74) is 0. The lowest BCUT2D eigenvalue weighted by Gasteiger charge is -2.07. The summed E-state index contributed by atoms with van der Waals surface area (Å²) in [5.74, 6) is -2.90. The average Bonchev–Trinajstić information content (AvgIpc) is 1.35. The molecule has 5 nitrogen and oxygen atoms in total. The van der Waals surface area contributed by atoms with E-state index in [1.54, 1.807) is 0 Å². The molecule has 0 radical (unpaired) electrons. The summed E-state index contributed by atoms with van der Waals surface area (Å²) >= 11 is 0. The van der Waals surface area contributed by atoms with Gasteiger partial charge in [-0.05, 0) is 0 Å². The first-order chi connectivity index (χ1) is 2.56. The lowest BCUT2D eigenvalue weighted by Crippen LogP contribution is -2.31. The first kappa shape index (κ1) is 9.93. The molecule has 0 atom stereocenters. The lowest BCUT2D eigenvalue weighted by molar-refractivity contribution is -0.326. The molecule has 0 aliphatic rings. The van der Waals surface area contributed by atoms with Crippen molar-refractivity contribution in [3.05, 3.63) is 0 Å². The van der Waals surface area contributed by atoms with Crippen LogP contribution in [0.1, 0.15) is 0 Å². The third-order valence-electron chi connectivity index (χ3n) is 0.212. The summed E-state index contributed by atoms with van der Waals surface area (Å²) in [4.78, 5) is 0. The lowest BCUT2D eigenvalue weighted by atomic mass is 10.6. The van der Waals surface area contributed by atoms with E-state index < -0.39 is 12.6 Å². The smallest absolute Gasteiger partial charge is 0.299 e. The molecule has 0 unspecified atom stereocenters. The highest BCUT2D eigenvalue weighted by Crippen LogP contribution is 1.84. The summed E-state index contributed by atoms with van der Waals surface area (Å²) in [6, 6.07) is 0. The van der Waals surface area contributed by atoms with Crippen molar-refractivity contribution in [3.63, 3.8) is 0 Å². The summed E-state index contributed by atoms with van der Waals surface area (Å²) < 4.78 is 0. The molecule has 5 heteroatoms. The molecule has 46 valence electrons. The molecule has 0 rings (SSSR count). The molecule has 0 amide bonds. The minimum Gasteiger partial charge on any atom is -0.388 e. The highest BCUT2D eigenvalue weighted by atomic mass is 16.7. The van der Waals surface area contributed by atoms with Crippen LogP contribution in [0.2, 0.25) is 0 Å². The van der Waals surface area contributed by atoms with E-state index in [4.69, 9.17) is 20.4 Å². The van der Waals surface area contributed by atoms with Crippen molar-refractivity contribution < 1.29 is 20.4 Å². The zero-order valence-corrected chi connectivity index (χ0v) is 3.70. The van der Waals surface area contributed by atoms with E-state index >= 15 is 0 Å². The molecule has 0 aromatic heterocycles. The predicted octanol–water partition coefficient (Wildman–Crippen LogP) is -2.23. The van der Waals surface area contributed by atoms with E-state index in [-0.39, 0.29) is 6.15 Å². The molecule has 0 saturated carbocycles. The summed E-state index contributed by atoms with van der Waals surface area (Å²) in [5, 5.41) is 30.7. The van der Waals surface area contributed by atoms with Crippen LogP contribution in [0.4, 0.5) is 0 Å². The van der Waals surface area contributed by atoms with E-state index in [2.05, 4.69) is 0 Å². The third-order valence-corrected chi connectivity index (χ3v) is 0.212. The molecule has 0 spiro atoms. The second-order valence-electron chi connectivity index (χ2n) is 0.932. The van der Waals surface area contributed by atoms with Crippen molar-refractivity contribution in [1.82, 2.24) is 6.15 Å². The standard InChI is InChI=1S/C2H6O4.H3N/c3-1-2(4,5)6;/h3-6H,1H2;1H3. The van der Waals surface area contributed by atoms with Gasteiger partial charge in [0, 0.05) is 0 Å². The first-order valence-electron chi connectivity index (χ1n) is 1.34. The number of hydrogen-bond donors (Lipinski definition) is 5. The Morgan fingerprint density at radius 3 is 1.29 bits per heavy atom. The third kappa shape index (κ3) is 10.7. The summed E-state index contributed by atoms with van der Waals surface area (Å²) in [6.45, 7) is -1.06. The molecule has 0 saturated heterocycles. The van der Waals surface area contributed by atoms with Crippen LogP contribution >= 0.6 is 0 Å². The monoisotopic (exact) mass is 111 g/mol. The van der Waals surface area contributed by atoms with Gasteiger partial charge in [0.05, 0.1) is 0 Å². The number of aliphatic hydroxyl groups is 4. The fourth-order valence-electron chi connectivity index (χ4n) is 0. The Kier molecular flexibility index (Phi) is 4.10. The van der Waals surface area contributed by atoms with Crippen LogP contribution in [-0.4, -0.2) is 33.0 Å². The van der Waals surface area contributed by atoms with E-state index in [1.165, 1.54) is 0 Å². The van der Waals surface area contributed by atoms with Crippen molar-refractivity contribution in [2.45, 2.75) is 5.97 Å². The number of aliphatic hydroxyl groups excluding tert-OH is 1. The second-order valence-corrected chi connectivity index (χ2v) is 0.932. The summed E-state index contributed by atoms with van der Waals surface area (Å²) in [6.07, 6.45) is 0. The van der Waals surface area contributed by atoms with Crippen molar-refractivity contribution >= 4 is 0 Å². The maximum Gasteiger partial charge on any atom is 0.299 e. The Hall–Kier alpha value is -0.200. The summed E-state index contributed by atoms with van der Waals surface area (Å²) in [7, 11) is 0. The highest BCUT2D eigenvalue weighted by Gasteiger charge is 2.13.